The van der Waals surface area contributed by atoms with Crippen LogP contribution < -0.4 is 0 Å². The quantitative estimate of drug-likeness (QED) is 0.355. The summed E-state index contributed by atoms with van der Waals surface area (Å²) in [6.07, 6.45) is 0. The van der Waals surface area contributed by atoms with Crippen molar-refractivity contribution in [1.82, 2.24) is 0 Å². The molecule has 0 aromatic carbocycles. The van der Waals surface area contributed by atoms with Crippen LogP contribution >= 0.6 is 0 Å². The van der Waals surface area contributed by atoms with Crippen molar-refractivity contribution >= 4 is 80.6 Å². The Morgan fingerprint density at radius 1 is 1.25 bits per heavy atom. The van der Waals surface area contributed by atoms with E-state index in [1.165, 1.54) is 0 Å². The van der Waals surface area contributed by atoms with Crippen molar-refractivity contribution in [1.29, 1.82) is 0 Å². The van der Waals surface area contributed by atoms with Gasteiger partial charge in [-0.3, -0.25) is 9.17 Å². The molecule has 8 heteroatoms. The molecule has 0 aliphatic rings. The zero-order valence-electron chi connectivity index (χ0n) is 2.21. The maximum absolute atomic E-state index is 8.74. The Labute approximate surface area is 98.1 Å². The van der Waals surface area contributed by atoms with Gasteiger partial charge in [-0.25, -0.2) is 0 Å². The van der Waals surface area contributed by atoms with E-state index in [2.05, 4.69) is 0 Å². The van der Waals surface area contributed by atoms with Crippen LogP contribution in [0.2, 0.25) is 0 Å². The van der Waals surface area contributed by atoms with Crippen LogP contribution in [0.1, 0.15) is 0 Å². The Balaban J connectivity index is -0.00000000750. The first-order valence-corrected chi connectivity index (χ1v) is 1.95. The van der Waals surface area contributed by atoms with Crippen molar-refractivity contribution in [3.63, 3.8) is 0 Å². The summed E-state index contributed by atoms with van der Waals surface area (Å²) in [5, 5.41) is 0. The summed E-state index contributed by atoms with van der Waals surface area (Å²) in [5.74, 6) is 0. The van der Waals surface area contributed by atoms with Gasteiger partial charge in [0.1, 0.15) is 0 Å². The van der Waals surface area contributed by atoms with Gasteiger partial charge in [0.2, 0.25) is 0 Å². The van der Waals surface area contributed by atoms with Gasteiger partial charge in [-0.05, 0) is 0 Å². The van der Waals surface area contributed by atoms with Crippen LogP contribution in [0.3, 0.4) is 0 Å². The minimum atomic E-state index is -3.13. The number of hydrogen-bond acceptors (Lipinski definition) is 1. The third-order valence-electron chi connectivity index (χ3n) is 0. The summed E-state index contributed by atoms with van der Waals surface area (Å²) in [4.78, 5) is 14.3. The Morgan fingerprint density at radius 2 is 1.25 bits per heavy atom. The van der Waals surface area contributed by atoms with Crippen molar-refractivity contribution in [2.45, 2.75) is 0 Å². The third kappa shape index (κ3) is 103. The molecule has 0 aliphatic carbocycles. The van der Waals surface area contributed by atoms with E-state index in [0.717, 1.165) is 0 Å². The molecule has 0 saturated heterocycles. The minimum absolute atomic E-state index is 0. The van der Waals surface area contributed by atoms with E-state index in [1.54, 1.807) is 0 Å². The molecule has 0 aliphatic heterocycles. The standard InChI is InChI=1S/FH.Li.Mg.Na.H2O3Si.4H/c;;;;1-4(2)3;;;;/h1H;;;;1-2H;;;;. The molecule has 0 atom stereocenters. The molecule has 8 heavy (non-hydrogen) atoms. The van der Waals surface area contributed by atoms with Crippen molar-refractivity contribution < 1.29 is 18.8 Å². The van der Waals surface area contributed by atoms with Crippen molar-refractivity contribution in [3.8, 4) is 0 Å². The molecule has 0 amide bonds. The normalized spacial score (nSPS) is 3.00. The van der Waals surface area contributed by atoms with E-state index < -0.39 is 9.17 Å². The molecular formula is H7FLiMgNaO3Si. The maximum atomic E-state index is 8.74. The summed E-state index contributed by atoms with van der Waals surface area (Å²) < 4.78 is 8.74. The Morgan fingerprint density at radius 3 is 1.25 bits per heavy atom. The van der Waals surface area contributed by atoms with Crippen LogP contribution in [0.25, 0.3) is 0 Å². The van der Waals surface area contributed by atoms with Gasteiger partial charge in [0.15, 0.2) is 0 Å². The first-order chi connectivity index (χ1) is 1.73. The predicted molar refractivity (Wildman–Crippen MR) is 36.2 cm³/mol. The fourth-order valence-corrected chi connectivity index (χ4v) is 0. The van der Waals surface area contributed by atoms with Crippen molar-refractivity contribution in [2.75, 3.05) is 0 Å². The zero-order chi connectivity index (χ0) is 3.58. The Kier molecular flexibility index (Phi) is 94.3. The molecule has 0 heterocycles. The topological polar surface area (TPSA) is 57.5 Å². The molecule has 0 fully saturated rings. The fraction of sp³-hybridized carbons (Fsp3) is 0. The molecule has 40 valence electrons. The first-order valence-electron chi connectivity index (χ1n) is 0.651. The van der Waals surface area contributed by atoms with Crippen molar-refractivity contribution in [3.05, 3.63) is 0 Å². The van der Waals surface area contributed by atoms with E-state index in [0.29, 0.717) is 0 Å². The van der Waals surface area contributed by atoms with Gasteiger partial charge in [-0.1, -0.05) is 0 Å². The predicted octanol–water partition coefficient (Wildman–Crippen LogP) is -3.67. The monoisotopic (exact) mass is 156 g/mol. The summed E-state index contributed by atoms with van der Waals surface area (Å²) >= 11 is 0. The second kappa shape index (κ2) is 23.1. The number of halogens is 1. The molecule has 0 aromatic rings. The van der Waals surface area contributed by atoms with Gasteiger partial charge in [0, 0.05) is 0 Å². The molecule has 0 saturated carbocycles. The SMILES string of the molecule is F.O=[Si](O)O.[LiH].[MgH2].[NaH]. The first kappa shape index (κ1) is 32.6. The van der Waals surface area contributed by atoms with E-state index in [9.17, 15) is 0 Å². The fourth-order valence-electron chi connectivity index (χ4n) is 0. The van der Waals surface area contributed by atoms with Crippen LogP contribution in [0.5, 0.6) is 0 Å². The van der Waals surface area contributed by atoms with E-state index in [1.807, 2.05) is 0 Å². The van der Waals surface area contributed by atoms with Crippen LogP contribution in [0.15, 0.2) is 0 Å². The van der Waals surface area contributed by atoms with Crippen LogP contribution in [0, 0.1) is 0 Å². The van der Waals surface area contributed by atoms with Crippen LogP contribution in [-0.2, 0) is 4.46 Å². The van der Waals surface area contributed by atoms with E-state index in [-0.39, 0.29) is 76.2 Å². The van der Waals surface area contributed by atoms with Gasteiger partial charge < -0.3 is 9.59 Å². The van der Waals surface area contributed by atoms with Gasteiger partial charge in [-0.2, -0.15) is 0 Å². The second-order valence-electron chi connectivity index (χ2n) is 0.283. The van der Waals surface area contributed by atoms with Gasteiger partial charge in [0.25, 0.3) is 0 Å². The molecule has 0 radical (unpaired) electrons. The van der Waals surface area contributed by atoms with Gasteiger partial charge >= 0.3 is 80.6 Å². The van der Waals surface area contributed by atoms with Gasteiger partial charge in [0.05, 0.1) is 0 Å². The Hall–Kier alpha value is 1.91. The van der Waals surface area contributed by atoms with Crippen LogP contribution in [0.4, 0.5) is 4.70 Å². The average molecular weight is 156 g/mol. The molecular weight excluding hydrogens is 149 g/mol. The van der Waals surface area contributed by atoms with Crippen LogP contribution in [-0.4, -0.2) is 90.2 Å². The summed E-state index contributed by atoms with van der Waals surface area (Å²) in [6.45, 7) is 0. The summed E-state index contributed by atoms with van der Waals surface area (Å²) in [6, 6.07) is 0. The Bertz CT molecular complexity index is 42.3. The van der Waals surface area contributed by atoms with Gasteiger partial charge in [-0.15, -0.1) is 0 Å². The summed E-state index contributed by atoms with van der Waals surface area (Å²) in [5.41, 5.74) is 0. The molecule has 2 N–H and O–H groups in total. The number of rotatable bonds is 0. The molecule has 0 rings (SSSR count). The zero-order valence-corrected chi connectivity index (χ0v) is 3.21. The number of hydrogen-bond donors (Lipinski definition) is 2. The molecule has 0 bridgehead atoms. The molecule has 0 aromatic heterocycles. The summed E-state index contributed by atoms with van der Waals surface area (Å²) in [7, 11) is -3.13. The molecule has 3 nitrogen and oxygen atoms in total. The second-order valence-corrected chi connectivity index (χ2v) is 0.848. The van der Waals surface area contributed by atoms with Crippen molar-refractivity contribution in [2.24, 2.45) is 0 Å². The molecule has 0 spiro atoms. The van der Waals surface area contributed by atoms with E-state index in [4.69, 9.17) is 14.1 Å². The average Bonchev–Trinajstić information content (AvgIpc) is 0.811. The third-order valence-corrected chi connectivity index (χ3v) is 0. The molecule has 0 unspecified atom stereocenters. The van der Waals surface area contributed by atoms with E-state index >= 15 is 0 Å².